The minimum atomic E-state index is -0.830. The van der Waals surface area contributed by atoms with E-state index >= 15 is 0 Å². The van der Waals surface area contributed by atoms with Gasteiger partial charge in [-0.1, -0.05) is 152 Å². The average molecular weight is 633 g/mol. The van der Waals surface area contributed by atoms with Crippen LogP contribution in [0.1, 0.15) is 162 Å². The van der Waals surface area contributed by atoms with Gasteiger partial charge in [0.1, 0.15) is 6.61 Å². The van der Waals surface area contributed by atoms with Crippen molar-refractivity contribution in [2.24, 2.45) is 0 Å². The Hall–Kier alpha value is -2.18. The number of hydrogen-bond donors (Lipinski definition) is 2. The van der Waals surface area contributed by atoms with Crippen LogP contribution in [0.5, 0.6) is 0 Å². The first-order valence-electron chi connectivity index (χ1n) is 18.3. The highest BCUT2D eigenvalue weighted by molar-refractivity contribution is 5.70. The van der Waals surface area contributed by atoms with Crippen LogP contribution in [0, 0.1) is 0 Å². The van der Waals surface area contributed by atoms with Gasteiger partial charge >= 0.3 is 11.9 Å². The van der Waals surface area contributed by atoms with Crippen molar-refractivity contribution in [1.29, 1.82) is 0 Å². The molecule has 1 unspecified atom stereocenters. The van der Waals surface area contributed by atoms with Crippen LogP contribution in [0.3, 0.4) is 0 Å². The van der Waals surface area contributed by atoms with Gasteiger partial charge in [-0.2, -0.15) is 0 Å². The van der Waals surface area contributed by atoms with E-state index < -0.39 is 18.2 Å². The molecule has 0 aliphatic rings. The van der Waals surface area contributed by atoms with Crippen LogP contribution in [-0.2, 0) is 19.1 Å². The van der Waals surface area contributed by atoms with Gasteiger partial charge < -0.3 is 19.7 Å². The summed E-state index contributed by atoms with van der Waals surface area (Å²) in [6.45, 7) is 3.97. The highest BCUT2D eigenvalue weighted by Gasteiger charge is 2.15. The summed E-state index contributed by atoms with van der Waals surface area (Å²) < 4.78 is 10.5. The highest BCUT2D eigenvalue weighted by atomic mass is 16.6. The maximum Gasteiger partial charge on any atom is 0.306 e. The summed E-state index contributed by atoms with van der Waals surface area (Å²) in [4.78, 5) is 24.2. The van der Waals surface area contributed by atoms with Gasteiger partial charge in [-0.3, -0.25) is 9.59 Å². The molecule has 0 aromatic heterocycles. The number of unbranched alkanes of at least 4 members (excludes halogenated alkanes) is 16. The van der Waals surface area contributed by atoms with Crippen molar-refractivity contribution in [2.75, 3.05) is 13.2 Å². The van der Waals surface area contributed by atoms with E-state index in [1.54, 1.807) is 6.08 Å². The lowest BCUT2D eigenvalue weighted by Crippen LogP contribution is -2.28. The minimum Gasteiger partial charge on any atom is -0.462 e. The topological polar surface area (TPSA) is 93.1 Å². The van der Waals surface area contributed by atoms with E-state index in [9.17, 15) is 19.8 Å². The zero-order valence-corrected chi connectivity index (χ0v) is 29.0. The van der Waals surface area contributed by atoms with Gasteiger partial charge in [0.15, 0.2) is 6.10 Å². The Kier molecular flexibility index (Phi) is 33.0. The SMILES string of the molecule is CCCCC/C=C\C/C=C\CC(O)/C=C\C=C\CCCC(=O)O[C@@H](CO)COC(=O)CCCCCCCCCCCCCCC. The molecule has 0 radical (unpaired) electrons. The lowest BCUT2D eigenvalue weighted by Gasteiger charge is -2.15. The number of ether oxygens (including phenoxy) is 2. The summed E-state index contributed by atoms with van der Waals surface area (Å²) in [6.07, 6.45) is 39.1. The summed E-state index contributed by atoms with van der Waals surface area (Å²) in [5.41, 5.74) is 0. The number of rotatable bonds is 32. The smallest absolute Gasteiger partial charge is 0.306 e. The molecule has 45 heavy (non-hydrogen) atoms. The molecule has 0 saturated heterocycles. The summed E-state index contributed by atoms with van der Waals surface area (Å²) in [6, 6.07) is 0. The van der Waals surface area contributed by atoms with Crippen molar-refractivity contribution in [1.82, 2.24) is 0 Å². The van der Waals surface area contributed by atoms with E-state index in [1.165, 1.54) is 83.5 Å². The molecule has 2 atom stereocenters. The van der Waals surface area contributed by atoms with E-state index in [0.29, 0.717) is 25.7 Å². The fraction of sp³-hybridized carbons (Fsp3) is 0.744. The van der Waals surface area contributed by atoms with Crippen molar-refractivity contribution in [2.45, 2.75) is 174 Å². The van der Waals surface area contributed by atoms with Crippen molar-refractivity contribution in [3.8, 4) is 0 Å². The van der Waals surface area contributed by atoms with Crippen LogP contribution in [0.25, 0.3) is 0 Å². The summed E-state index contributed by atoms with van der Waals surface area (Å²) in [5.74, 6) is -0.722. The summed E-state index contributed by atoms with van der Waals surface area (Å²) >= 11 is 0. The van der Waals surface area contributed by atoms with E-state index in [4.69, 9.17) is 9.47 Å². The van der Waals surface area contributed by atoms with Gasteiger partial charge in [-0.25, -0.2) is 0 Å². The number of carbonyl (C=O) groups excluding carboxylic acids is 2. The van der Waals surface area contributed by atoms with Gasteiger partial charge in [0.25, 0.3) is 0 Å². The summed E-state index contributed by atoms with van der Waals surface area (Å²) in [7, 11) is 0. The normalized spacial score (nSPS) is 13.4. The molecule has 0 spiro atoms. The Morgan fingerprint density at radius 1 is 0.622 bits per heavy atom. The third-order valence-electron chi connectivity index (χ3n) is 7.71. The second-order valence-corrected chi connectivity index (χ2v) is 12.2. The molecule has 2 N–H and O–H groups in total. The standard InChI is InChI=1S/C39H68O6/c1-3-5-7-9-11-13-14-15-16-18-20-24-28-32-38(42)44-35-37(34-40)45-39(43)33-29-25-21-23-27-31-36(41)30-26-22-19-17-12-10-8-6-4-2/h12,17,21-23,26-27,31,36-37,40-41H,3-11,13-16,18-20,24-25,28-30,32-35H2,1-2H3/b17-12-,23-21+,26-22-,31-27-/t36?,37-/m0/s1. The van der Waals surface area contributed by atoms with Gasteiger partial charge in [0.05, 0.1) is 12.7 Å². The van der Waals surface area contributed by atoms with Crippen LogP contribution >= 0.6 is 0 Å². The molecule has 0 fully saturated rings. The lowest BCUT2D eigenvalue weighted by atomic mass is 10.0. The van der Waals surface area contributed by atoms with Crippen molar-refractivity contribution < 1.29 is 29.3 Å². The number of hydrogen-bond acceptors (Lipinski definition) is 6. The van der Waals surface area contributed by atoms with Crippen molar-refractivity contribution in [3.63, 3.8) is 0 Å². The van der Waals surface area contributed by atoms with E-state index in [0.717, 1.165) is 32.1 Å². The monoisotopic (exact) mass is 633 g/mol. The molecule has 0 rings (SSSR count). The van der Waals surface area contributed by atoms with Crippen LogP contribution in [0.2, 0.25) is 0 Å². The Labute approximate surface area is 276 Å². The van der Waals surface area contributed by atoms with Crippen molar-refractivity contribution >= 4 is 11.9 Å². The van der Waals surface area contributed by atoms with Crippen LogP contribution in [0.15, 0.2) is 48.6 Å². The first-order valence-corrected chi connectivity index (χ1v) is 18.3. The van der Waals surface area contributed by atoms with Gasteiger partial charge in [-0.05, 0) is 44.9 Å². The molecule has 0 heterocycles. The summed E-state index contributed by atoms with van der Waals surface area (Å²) in [5, 5.41) is 19.5. The Morgan fingerprint density at radius 3 is 1.82 bits per heavy atom. The van der Waals surface area contributed by atoms with Crippen molar-refractivity contribution in [3.05, 3.63) is 48.6 Å². The molecular weight excluding hydrogens is 564 g/mol. The Morgan fingerprint density at radius 2 is 1.18 bits per heavy atom. The molecule has 6 heteroatoms. The Bertz CT molecular complexity index is 784. The lowest BCUT2D eigenvalue weighted by molar-refractivity contribution is -0.161. The number of aliphatic hydroxyl groups excluding tert-OH is 2. The number of esters is 2. The van der Waals surface area contributed by atoms with E-state index in [2.05, 4.69) is 32.1 Å². The largest absolute Gasteiger partial charge is 0.462 e. The predicted molar refractivity (Wildman–Crippen MR) is 188 cm³/mol. The van der Waals surface area contributed by atoms with E-state index in [-0.39, 0.29) is 25.6 Å². The third kappa shape index (κ3) is 33.0. The maximum atomic E-state index is 12.1. The fourth-order valence-corrected chi connectivity index (χ4v) is 4.86. The van der Waals surface area contributed by atoms with Crippen LogP contribution in [-0.4, -0.2) is 47.6 Å². The molecule has 0 amide bonds. The molecule has 260 valence electrons. The first kappa shape index (κ1) is 42.8. The number of aliphatic hydroxyl groups is 2. The van der Waals surface area contributed by atoms with Gasteiger partial charge in [0.2, 0.25) is 0 Å². The maximum absolute atomic E-state index is 12.1. The molecule has 0 aliphatic heterocycles. The zero-order chi connectivity index (χ0) is 33.1. The molecular formula is C39H68O6. The van der Waals surface area contributed by atoms with Crippen LogP contribution in [0.4, 0.5) is 0 Å². The predicted octanol–water partition coefficient (Wildman–Crippen LogP) is 10.0. The zero-order valence-electron chi connectivity index (χ0n) is 29.0. The molecule has 0 aromatic rings. The Balaban J connectivity index is 3.78. The molecule has 6 nitrogen and oxygen atoms in total. The fourth-order valence-electron chi connectivity index (χ4n) is 4.86. The molecule has 0 saturated carbocycles. The highest BCUT2D eigenvalue weighted by Crippen LogP contribution is 2.13. The average Bonchev–Trinajstić information content (AvgIpc) is 3.03. The van der Waals surface area contributed by atoms with E-state index in [1.807, 2.05) is 24.3 Å². The second kappa shape index (κ2) is 34.7. The third-order valence-corrected chi connectivity index (χ3v) is 7.71. The van der Waals surface area contributed by atoms with Crippen LogP contribution < -0.4 is 0 Å². The first-order chi connectivity index (χ1) is 22.0. The van der Waals surface area contributed by atoms with Gasteiger partial charge in [0, 0.05) is 12.8 Å². The minimum absolute atomic E-state index is 0.114. The second-order valence-electron chi connectivity index (χ2n) is 12.2. The number of allylic oxidation sites excluding steroid dienone is 6. The quantitative estimate of drug-likeness (QED) is 0.0332. The molecule has 0 aliphatic carbocycles. The van der Waals surface area contributed by atoms with Gasteiger partial charge in [-0.15, -0.1) is 0 Å². The number of carbonyl (C=O) groups is 2. The molecule has 0 bridgehead atoms. The molecule has 0 aromatic carbocycles.